The summed E-state index contributed by atoms with van der Waals surface area (Å²) in [7, 11) is 1.56. The van der Waals surface area contributed by atoms with Gasteiger partial charge in [0.25, 0.3) is 11.8 Å². The van der Waals surface area contributed by atoms with Gasteiger partial charge in [-0.3, -0.25) is 9.59 Å². The fourth-order valence-electron chi connectivity index (χ4n) is 3.46. The van der Waals surface area contributed by atoms with Crippen LogP contribution < -0.4 is 24.4 Å². The minimum absolute atomic E-state index is 0.165. The number of nitrogens with zero attached hydrogens (tertiary/aromatic N) is 1. The molecule has 3 aromatic rings. The van der Waals surface area contributed by atoms with Crippen LogP contribution in [0, 0.1) is 0 Å². The van der Waals surface area contributed by atoms with E-state index in [0.717, 1.165) is 5.56 Å². The summed E-state index contributed by atoms with van der Waals surface area (Å²) < 4.78 is 16.5. The molecule has 1 N–H and O–H groups in total. The van der Waals surface area contributed by atoms with E-state index in [1.807, 2.05) is 12.1 Å². The molecule has 7 nitrogen and oxygen atoms in total. The molecule has 0 aromatic heterocycles. The molecule has 1 unspecified atom stereocenters. The van der Waals surface area contributed by atoms with Crippen molar-refractivity contribution in [2.45, 2.75) is 19.6 Å². The van der Waals surface area contributed by atoms with E-state index in [2.05, 4.69) is 5.32 Å². The Morgan fingerprint density at radius 3 is 2.61 bits per heavy atom. The second-order valence-electron chi connectivity index (χ2n) is 7.51. The quantitative estimate of drug-likeness (QED) is 0.547. The molecule has 4 rings (SSSR count). The highest BCUT2D eigenvalue weighted by atomic mass is 35.5. The van der Waals surface area contributed by atoms with Gasteiger partial charge in [-0.1, -0.05) is 29.8 Å². The van der Waals surface area contributed by atoms with Crippen LogP contribution in [0.4, 0.5) is 11.4 Å². The SMILES string of the molecule is COc1cccc(OCC(=O)Nc2ccc3c(c2)N(Cc2ccc(Cl)cc2)C(=O)C(C)O3)c1. The number of hydrogen-bond acceptors (Lipinski definition) is 5. The summed E-state index contributed by atoms with van der Waals surface area (Å²) in [6.07, 6.45) is -0.610. The maximum absolute atomic E-state index is 12.9. The number of nitrogens with one attached hydrogen (secondary N) is 1. The standard InChI is InChI=1S/C25H23ClN2O5/c1-16-25(30)28(14-17-6-8-18(26)9-7-17)22-12-19(10-11-23(22)33-16)27-24(29)15-32-21-5-3-4-20(13-21)31-2/h3-13,16H,14-15H2,1-2H3,(H,27,29). The first-order valence-corrected chi connectivity index (χ1v) is 10.7. The molecule has 33 heavy (non-hydrogen) atoms. The number of benzene rings is 3. The normalized spacial score (nSPS) is 14.8. The predicted molar refractivity (Wildman–Crippen MR) is 126 cm³/mol. The van der Waals surface area contributed by atoms with Gasteiger partial charge < -0.3 is 24.4 Å². The first-order chi connectivity index (χ1) is 15.9. The minimum Gasteiger partial charge on any atom is -0.497 e. The van der Waals surface area contributed by atoms with E-state index in [0.29, 0.717) is 40.2 Å². The first-order valence-electron chi connectivity index (χ1n) is 10.4. The molecule has 1 heterocycles. The molecule has 2 amide bonds. The first kappa shape index (κ1) is 22.5. The Hall–Kier alpha value is -3.71. The van der Waals surface area contributed by atoms with E-state index in [-0.39, 0.29) is 18.4 Å². The van der Waals surface area contributed by atoms with E-state index in [1.54, 1.807) is 73.5 Å². The van der Waals surface area contributed by atoms with Gasteiger partial charge in [-0.05, 0) is 55.0 Å². The third kappa shape index (κ3) is 5.38. The number of rotatable bonds is 7. The number of carbonyl (C=O) groups excluding carboxylic acids is 2. The van der Waals surface area contributed by atoms with E-state index >= 15 is 0 Å². The van der Waals surface area contributed by atoms with Crippen molar-refractivity contribution in [1.29, 1.82) is 0 Å². The average Bonchev–Trinajstić information content (AvgIpc) is 2.82. The lowest BCUT2D eigenvalue weighted by molar-refractivity contribution is -0.125. The van der Waals surface area contributed by atoms with Gasteiger partial charge in [0.05, 0.1) is 19.3 Å². The molecule has 1 aliphatic rings. The molecule has 1 aliphatic heterocycles. The van der Waals surface area contributed by atoms with Crippen molar-refractivity contribution >= 4 is 34.8 Å². The van der Waals surface area contributed by atoms with E-state index < -0.39 is 6.10 Å². The van der Waals surface area contributed by atoms with Crippen molar-refractivity contribution in [2.75, 3.05) is 23.9 Å². The highest BCUT2D eigenvalue weighted by Crippen LogP contribution is 2.37. The van der Waals surface area contributed by atoms with Crippen molar-refractivity contribution in [3.63, 3.8) is 0 Å². The van der Waals surface area contributed by atoms with Crippen LogP contribution in [0.25, 0.3) is 0 Å². The van der Waals surface area contributed by atoms with Crippen LogP contribution in [-0.2, 0) is 16.1 Å². The largest absolute Gasteiger partial charge is 0.497 e. The maximum Gasteiger partial charge on any atom is 0.268 e. The molecule has 0 spiro atoms. The number of hydrogen-bond donors (Lipinski definition) is 1. The van der Waals surface area contributed by atoms with Crippen LogP contribution in [-0.4, -0.2) is 31.6 Å². The smallest absolute Gasteiger partial charge is 0.268 e. The van der Waals surface area contributed by atoms with Gasteiger partial charge >= 0.3 is 0 Å². The third-order valence-electron chi connectivity index (χ3n) is 5.12. The van der Waals surface area contributed by atoms with Crippen LogP contribution in [0.3, 0.4) is 0 Å². The number of halogens is 1. The van der Waals surface area contributed by atoms with Crippen LogP contribution in [0.2, 0.25) is 5.02 Å². The Balaban J connectivity index is 1.48. The Labute approximate surface area is 196 Å². The zero-order valence-corrected chi connectivity index (χ0v) is 19.0. The Morgan fingerprint density at radius 1 is 1.09 bits per heavy atom. The maximum atomic E-state index is 12.9. The molecule has 0 saturated carbocycles. The van der Waals surface area contributed by atoms with Crippen LogP contribution in [0.1, 0.15) is 12.5 Å². The number of amides is 2. The third-order valence-corrected chi connectivity index (χ3v) is 5.37. The summed E-state index contributed by atoms with van der Waals surface area (Å²) in [6, 6.07) is 19.5. The molecular weight excluding hydrogens is 444 g/mol. The average molecular weight is 467 g/mol. The second kappa shape index (κ2) is 9.83. The van der Waals surface area contributed by atoms with Gasteiger partial charge in [0, 0.05) is 16.8 Å². The Bertz CT molecular complexity index is 1170. The minimum atomic E-state index is -0.610. The second-order valence-corrected chi connectivity index (χ2v) is 7.95. The molecule has 0 radical (unpaired) electrons. The van der Waals surface area contributed by atoms with E-state index in [4.69, 9.17) is 25.8 Å². The summed E-state index contributed by atoms with van der Waals surface area (Å²) in [5.41, 5.74) is 2.04. The Morgan fingerprint density at radius 2 is 1.85 bits per heavy atom. The monoisotopic (exact) mass is 466 g/mol. The highest BCUT2D eigenvalue weighted by Gasteiger charge is 2.31. The molecule has 8 heteroatoms. The predicted octanol–water partition coefficient (Wildman–Crippen LogP) is 4.68. The van der Waals surface area contributed by atoms with Gasteiger partial charge in [-0.15, -0.1) is 0 Å². The fraction of sp³-hybridized carbons (Fsp3) is 0.200. The number of ether oxygens (including phenoxy) is 3. The Kier molecular flexibility index (Phi) is 6.70. The summed E-state index contributed by atoms with van der Waals surface area (Å²) in [6.45, 7) is 1.89. The van der Waals surface area contributed by atoms with Crippen LogP contribution in [0.5, 0.6) is 17.2 Å². The van der Waals surface area contributed by atoms with Crippen molar-refractivity contribution in [3.8, 4) is 17.2 Å². The van der Waals surface area contributed by atoms with Crippen molar-refractivity contribution in [2.24, 2.45) is 0 Å². The van der Waals surface area contributed by atoms with E-state index in [9.17, 15) is 9.59 Å². The number of anilines is 2. The van der Waals surface area contributed by atoms with Crippen molar-refractivity contribution in [1.82, 2.24) is 0 Å². The van der Waals surface area contributed by atoms with Gasteiger partial charge in [0.15, 0.2) is 12.7 Å². The molecule has 0 fully saturated rings. The lowest BCUT2D eigenvalue weighted by Crippen LogP contribution is -2.44. The molecular formula is C25H23ClN2O5. The van der Waals surface area contributed by atoms with E-state index in [1.165, 1.54) is 0 Å². The molecule has 170 valence electrons. The number of fused-ring (bicyclic) bond motifs is 1. The van der Waals surface area contributed by atoms with Gasteiger partial charge in [0.1, 0.15) is 17.2 Å². The lowest BCUT2D eigenvalue weighted by atomic mass is 10.1. The van der Waals surface area contributed by atoms with Gasteiger partial charge in [-0.2, -0.15) is 0 Å². The van der Waals surface area contributed by atoms with Crippen molar-refractivity contribution < 1.29 is 23.8 Å². The zero-order valence-electron chi connectivity index (χ0n) is 18.2. The van der Waals surface area contributed by atoms with Gasteiger partial charge in [-0.25, -0.2) is 0 Å². The van der Waals surface area contributed by atoms with Crippen molar-refractivity contribution in [3.05, 3.63) is 77.3 Å². The van der Waals surface area contributed by atoms with Crippen LogP contribution >= 0.6 is 11.6 Å². The summed E-state index contributed by atoms with van der Waals surface area (Å²) in [4.78, 5) is 26.9. The molecule has 0 bridgehead atoms. The fourth-order valence-corrected chi connectivity index (χ4v) is 3.58. The summed E-state index contributed by atoms with van der Waals surface area (Å²) >= 11 is 5.98. The van der Waals surface area contributed by atoms with Gasteiger partial charge in [0.2, 0.25) is 0 Å². The lowest BCUT2D eigenvalue weighted by Gasteiger charge is -2.33. The molecule has 3 aromatic carbocycles. The molecule has 0 saturated heterocycles. The zero-order chi connectivity index (χ0) is 23.4. The van der Waals surface area contributed by atoms with Crippen LogP contribution in [0.15, 0.2) is 66.7 Å². The highest BCUT2D eigenvalue weighted by molar-refractivity contribution is 6.30. The number of carbonyl (C=O) groups is 2. The number of methoxy groups -OCH3 is 1. The summed E-state index contributed by atoms with van der Waals surface area (Å²) in [5.74, 6) is 1.24. The summed E-state index contributed by atoms with van der Waals surface area (Å²) in [5, 5.41) is 3.43. The topological polar surface area (TPSA) is 77.1 Å². The molecule has 0 aliphatic carbocycles. The molecule has 1 atom stereocenters.